The Morgan fingerprint density at radius 1 is 0.556 bits per heavy atom. The zero-order chi connectivity index (χ0) is 30.8. The van der Waals surface area contributed by atoms with Crippen LogP contribution in [0.3, 0.4) is 0 Å². The Labute approximate surface area is 266 Å². The number of hydrogen-bond acceptors (Lipinski definition) is 1. The number of benzene rings is 6. The maximum Gasteiger partial charge on any atom is 0.0714 e. The number of nitrogens with zero attached hydrogens (tertiary/aromatic N) is 1. The summed E-state index contributed by atoms with van der Waals surface area (Å²) in [6.45, 7) is 10.5. The van der Waals surface area contributed by atoms with Crippen molar-refractivity contribution < 1.29 is 0 Å². The highest BCUT2D eigenvalue weighted by atomic mass is 15.1. The third-order valence-corrected chi connectivity index (χ3v) is 8.97. The van der Waals surface area contributed by atoms with Gasteiger partial charge in [0.25, 0.3) is 0 Å². The van der Waals surface area contributed by atoms with Gasteiger partial charge in [0.05, 0.1) is 5.41 Å². The highest BCUT2D eigenvalue weighted by Crippen LogP contribution is 2.57. The average molecular weight is 578 g/mol. The second-order valence-corrected chi connectivity index (χ2v) is 11.5. The van der Waals surface area contributed by atoms with Crippen molar-refractivity contribution in [2.45, 2.75) is 12.3 Å². The predicted octanol–water partition coefficient (Wildman–Crippen LogP) is 11.7. The van der Waals surface area contributed by atoms with Crippen LogP contribution in [0.1, 0.15) is 22.3 Å². The average Bonchev–Trinajstić information content (AvgIpc) is 3.39. The molecule has 0 heterocycles. The van der Waals surface area contributed by atoms with Crippen molar-refractivity contribution in [1.29, 1.82) is 0 Å². The van der Waals surface area contributed by atoms with Crippen LogP contribution in [0, 0.1) is 6.92 Å². The largest absolute Gasteiger partial charge is 0.310 e. The van der Waals surface area contributed by atoms with E-state index in [2.05, 4.69) is 183 Å². The first-order valence-electron chi connectivity index (χ1n) is 15.4. The van der Waals surface area contributed by atoms with Gasteiger partial charge in [-0.2, -0.15) is 0 Å². The Morgan fingerprint density at radius 2 is 1.11 bits per heavy atom. The molecule has 216 valence electrons. The van der Waals surface area contributed by atoms with Crippen LogP contribution < -0.4 is 4.90 Å². The normalized spacial score (nSPS) is 15.2. The summed E-state index contributed by atoms with van der Waals surface area (Å²) in [7, 11) is 0. The standard InChI is InChI=1S/C44H35N/c1-4-14-35(5-2)44(36-17-10-7-11-18-36)42-20-13-12-19-40(42)41-30-29-39(31-43(41)44)45(37-25-21-32(3)22-26-37)38-27-23-34(24-28-38)33-15-8-6-9-16-33/h4-31H,1-2H2,3H3/b35-14+. The second-order valence-electron chi connectivity index (χ2n) is 11.5. The summed E-state index contributed by atoms with van der Waals surface area (Å²) in [5.74, 6) is 0. The summed E-state index contributed by atoms with van der Waals surface area (Å²) < 4.78 is 0. The maximum absolute atomic E-state index is 4.31. The molecule has 0 radical (unpaired) electrons. The van der Waals surface area contributed by atoms with Crippen LogP contribution in [0.5, 0.6) is 0 Å². The van der Waals surface area contributed by atoms with Crippen molar-refractivity contribution in [2.24, 2.45) is 0 Å². The zero-order valence-electron chi connectivity index (χ0n) is 25.5. The van der Waals surface area contributed by atoms with E-state index in [1.165, 1.54) is 44.5 Å². The quantitative estimate of drug-likeness (QED) is 0.163. The fourth-order valence-corrected chi connectivity index (χ4v) is 6.93. The summed E-state index contributed by atoms with van der Waals surface area (Å²) in [4.78, 5) is 2.36. The van der Waals surface area contributed by atoms with Crippen LogP contribution in [0.2, 0.25) is 0 Å². The fourth-order valence-electron chi connectivity index (χ4n) is 6.93. The third-order valence-electron chi connectivity index (χ3n) is 8.97. The first kappa shape index (κ1) is 28.1. The molecule has 6 aromatic rings. The lowest BCUT2D eigenvalue weighted by Crippen LogP contribution is -2.29. The first-order valence-corrected chi connectivity index (χ1v) is 15.4. The molecule has 0 aliphatic heterocycles. The van der Waals surface area contributed by atoms with Crippen LogP contribution in [0.25, 0.3) is 22.3 Å². The van der Waals surface area contributed by atoms with Gasteiger partial charge in [-0.3, -0.25) is 0 Å². The Morgan fingerprint density at radius 3 is 1.78 bits per heavy atom. The highest BCUT2D eigenvalue weighted by Gasteiger charge is 2.46. The molecule has 0 saturated heterocycles. The SMILES string of the molecule is C=C/C=C(\C=C)C1(c2ccccc2)c2ccccc2-c2ccc(N(c3ccc(C)cc3)c3ccc(-c4ccccc4)cc3)cc21. The highest BCUT2D eigenvalue weighted by molar-refractivity contribution is 5.90. The maximum atomic E-state index is 4.31. The summed E-state index contributed by atoms with van der Waals surface area (Å²) >= 11 is 0. The molecule has 0 N–H and O–H groups in total. The molecule has 1 aliphatic rings. The van der Waals surface area contributed by atoms with Crippen molar-refractivity contribution in [3.63, 3.8) is 0 Å². The molecule has 1 heteroatoms. The molecule has 45 heavy (non-hydrogen) atoms. The van der Waals surface area contributed by atoms with Gasteiger partial charge in [0, 0.05) is 17.1 Å². The van der Waals surface area contributed by atoms with Crippen LogP contribution in [0.15, 0.2) is 189 Å². The van der Waals surface area contributed by atoms with E-state index < -0.39 is 5.41 Å². The van der Waals surface area contributed by atoms with Gasteiger partial charge in [-0.1, -0.05) is 152 Å². The van der Waals surface area contributed by atoms with Gasteiger partial charge >= 0.3 is 0 Å². The lowest BCUT2D eigenvalue weighted by molar-refractivity contribution is 0.767. The number of allylic oxidation sites excluding steroid dienone is 4. The molecule has 1 aliphatic carbocycles. The Balaban J connectivity index is 1.48. The van der Waals surface area contributed by atoms with E-state index in [0.29, 0.717) is 0 Å². The van der Waals surface area contributed by atoms with E-state index in [-0.39, 0.29) is 0 Å². The fraction of sp³-hybridized carbons (Fsp3) is 0.0455. The lowest BCUT2D eigenvalue weighted by Gasteiger charge is -2.35. The van der Waals surface area contributed by atoms with Gasteiger partial charge in [-0.15, -0.1) is 0 Å². The summed E-state index contributed by atoms with van der Waals surface area (Å²) in [6.07, 6.45) is 5.98. The first-order chi connectivity index (χ1) is 22.1. The van der Waals surface area contributed by atoms with E-state index in [0.717, 1.165) is 22.6 Å². The minimum absolute atomic E-state index is 0.546. The van der Waals surface area contributed by atoms with E-state index in [1.807, 2.05) is 12.2 Å². The molecule has 0 amide bonds. The number of anilines is 3. The minimum atomic E-state index is -0.546. The molecule has 0 spiro atoms. The Kier molecular flexibility index (Phi) is 7.37. The molecule has 0 fully saturated rings. The number of hydrogen-bond donors (Lipinski definition) is 0. The van der Waals surface area contributed by atoms with E-state index in [9.17, 15) is 0 Å². The van der Waals surface area contributed by atoms with Crippen LogP contribution in [-0.4, -0.2) is 0 Å². The van der Waals surface area contributed by atoms with Gasteiger partial charge in [-0.25, -0.2) is 0 Å². The summed E-state index contributed by atoms with van der Waals surface area (Å²) in [5, 5.41) is 0. The number of rotatable bonds is 8. The van der Waals surface area contributed by atoms with Crippen LogP contribution in [-0.2, 0) is 5.41 Å². The van der Waals surface area contributed by atoms with Crippen molar-refractivity contribution in [3.8, 4) is 22.3 Å². The summed E-state index contributed by atoms with van der Waals surface area (Å²) in [5.41, 5.74) is 13.7. The minimum Gasteiger partial charge on any atom is -0.310 e. The third kappa shape index (κ3) is 4.74. The number of aryl methyl sites for hydroxylation is 1. The molecular weight excluding hydrogens is 542 g/mol. The second kappa shape index (κ2) is 11.8. The zero-order valence-corrected chi connectivity index (χ0v) is 25.5. The van der Waals surface area contributed by atoms with E-state index in [4.69, 9.17) is 0 Å². The Hall–Kier alpha value is -5.66. The lowest BCUT2D eigenvalue weighted by atomic mass is 9.67. The smallest absolute Gasteiger partial charge is 0.0714 e. The Bertz CT molecular complexity index is 2020. The molecule has 1 atom stereocenters. The topological polar surface area (TPSA) is 3.24 Å². The van der Waals surface area contributed by atoms with Crippen molar-refractivity contribution >= 4 is 17.1 Å². The van der Waals surface area contributed by atoms with Crippen molar-refractivity contribution in [2.75, 3.05) is 4.90 Å². The molecule has 6 aromatic carbocycles. The number of fused-ring (bicyclic) bond motifs is 3. The molecular formula is C44H35N. The molecule has 0 aromatic heterocycles. The van der Waals surface area contributed by atoms with Crippen molar-refractivity contribution in [1.82, 2.24) is 0 Å². The van der Waals surface area contributed by atoms with Gasteiger partial charge in [0.15, 0.2) is 0 Å². The monoisotopic (exact) mass is 577 g/mol. The molecule has 0 bridgehead atoms. The molecule has 1 nitrogen and oxygen atoms in total. The van der Waals surface area contributed by atoms with Gasteiger partial charge in [0.1, 0.15) is 0 Å². The summed E-state index contributed by atoms with van der Waals surface area (Å²) in [6, 6.07) is 54.7. The molecule has 0 saturated carbocycles. The molecule has 7 rings (SSSR count). The van der Waals surface area contributed by atoms with Gasteiger partial charge < -0.3 is 4.90 Å². The molecule has 1 unspecified atom stereocenters. The van der Waals surface area contributed by atoms with Crippen LogP contribution >= 0.6 is 0 Å². The van der Waals surface area contributed by atoms with E-state index >= 15 is 0 Å². The van der Waals surface area contributed by atoms with Crippen LogP contribution in [0.4, 0.5) is 17.1 Å². The van der Waals surface area contributed by atoms with Gasteiger partial charge in [-0.05, 0) is 87.8 Å². The van der Waals surface area contributed by atoms with Crippen molar-refractivity contribution in [3.05, 3.63) is 211 Å². The predicted molar refractivity (Wildman–Crippen MR) is 192 cm³/mol. The van der Waals surface area contributed by atoms with Gasteiger partial charge in [0.2, 0.25) is 0 Å². The van der Waals surface area contributed by atoms with E-state index in [1.54, 1.807) is 0 Å².